The molecule has 0 N–H and O–H groups in total. The summed E-state index contributed by atoms with van der Waals surface area (Å²) in [7, 11) is 0. The average Bonchev–Trinajstić information content (AvgIpc) is 2.57. The summed E-state index contributed by atoms with van der Waals surface area (Å²) in [6.45, 7) is 8.92. The first kappa shape index (κ1) is 11.9. The predicted octanol–water partition coefficient (Wildman–Crippen LogP) is 2.71. The van der Waals surface area contributed by atoms with Gasteiger partial charge in [0.05, 0.1) is 0 Å². The number of halogens is 1. The fraction of sp³-hybridized carbons (Fsp3) is 1.00. The maximum atomic E-state index is 11.8. The van der Waals surface area contributed by atoms with Crippen molar-refractivity contribution in [1.82, 2.24) is 4.90 Å². The van der Waals surface area contributed by atoms with Gasteiger partial charge >= 0.3 is 0 Å². The molecule has 0 spiro atoms. The zero-order valence-corrected chi connectivity index (χ0v) is 8.65. The van der Waals surface area contributed by atoms with Crippen LogP contribution in [0.3, 0.4) is 0 Å². The SMILES string of the molecule is CC.CCC1CCN(CCF)C1. The van der Waals surface area contributed by atoms with Gasteiger partial charge in [-0.15, -0.1) is 0 Å². The van der Waals surface area contributed by atoms with E-state index in [-0.39, 0.29) is 6.67 Å². The lowest BCUT2D eigenvalue weighted by Gasteiger charge is -2.12. The van der Waals surface area contributed by atoms with Crippen molar-refractivity contribution in [3.05, 3.63) is 0 Å². The Bertz CT molecular complexity index is 95.8. The minimum absolute atomic E-state index is 0.184. The van der Waals surface area contributed by atoms with Crippen LogP contribution in [-0.2, 0) is 0 Å². The first-order valence-electron chi connectivity index (χ1n) is 5.15. The molecule has 0 saturated carbocycles. The maximum absolute atomic E-state index is 11.8. The topological polar surface area (TPSA) is 3.24 Å². The molecule has 0 amide bonds. The number of rotatable bonds is 3. The van der Waals surface area contributed by atoms with E-state index in [0.29, 0.717) is 6.54 Å². The van der Waals surface area contributed by atoms with Gasteiger partial charge in [-0.3, -0.25) is 0 Å². The molecule has 1 aliphatic heterocycles. The van der Waals surface area contributed by atoms with E-state index in [1.54, 1.807) is 0 Å². The molecule has 0 bridgehead atoms. The summed E-state index contributed by atoms with van der Waals surface area (Å²) in [6.07, 6.45) is 2.53. The van der Waals surface area contributed by atoms with Crippen molar-refractivity contribution < 1.29 is 4.39 Å². The summed E-state index contributed by atoms with van der Waals surface area (Å²) in [5.74, 6) is 0.839. The fourth-order valence-electron chi connectivity index (χ4n) is 1.57. The highest BCUT2D eigenvalue weighted by Gasteiger charge is 2.19. The van der Waals surface area contributed by atoms with Crippen molar-refractivity contribution in [1.29, 1.82) is 0 Å². The van der Waals surface area contributed by atoms with Gasteiger partial charge in [0.15, 0.2) is 0 Å². The van der Waals surface area contributed by atoms with Gasteiger partial charge in [-0.25, -0.2) is 4.39 Å². The molecule has 0 aromatic heterocycles. The van der Waals surface area contributed by atoms with Crippen molar-refractivity contribution in [2.45, 2.75) is 33.6 Å². The summed E-state index contributed by atoms with van der Waals surface area (Å²) in [6, 6.07) is 0. The normalized spacial score (nSPS) is 23.5. The van der Waals surface area contributed by atoms with E-state index in [1.807, 2.05) is 13.8 Å². The molecule has 12 heavy (non-hydrogen) atoms. The molecule has 0 aromatic carbocycles. The number of hydrogen-bond acceptors (Lipinski definition) is 1. The van der Waals surface area contributed by atoms with Crippen molar-refractivity contribution in [3.8, 4) is 0 Å². The van der Waals surface area contributed by atoms with E-state index < -0.39 is 0 Å². The third-order valence-electron chi connectivity index (χ3n) is 2.35. The van der Waals surface area contributed by atoms with Crippen LogP contribution in [0.5, 0.6) is 0 Å². The van der Waals surface area contributed by atoms with Crippen LogP contribution < -0.4 is 0 Å². The highest BCUT2D eigenvalue weighted by molar-refractivity contribution is 4.73. The minimum Gasteiger partial charge on any atom is -0.300 e. The Hall–Kier alpha value is -0.110. The zero-order chi connectivity index (χ0) is 9.40. The van der Waals surface area contributed by atoms with Gasteiger partial charge in [0.25, 0.3) is 0 Å². The molecule has 1 rings (SSSR count). The van der Waals surface area contributed by atoms with Gasteiger partial charge in [-0.05, 0) is 18.9 Å². The van der Waals surface area contributed by atoms with E-state index in [2.05, 4.69) is 11.8 Å². The smallest absolute Gasteiger partial charge is 0.102 e. The lowest BCUT2D eigenvalue weighted by atomic mass is 10.1. The molecule has 1 saturated heterocycles. The minimum atomic E-state index is -0.184. The number of alkyl halides is 1. The molecule has 0 aromatic rings. The van der Waals surface area contributed by atoms with E-state index in [9.17, 15) is 4.39 Å². The zero-order valence-electron chi connectivity index (χ0n) is 8.65. The molecule has 74 valence electrons. The molecule has 1 unspecified atom stereocenters. The molecule has 1 fully saturated rings. The average molecular weight is 175 g/mol. The second kappa shape index (κ2) is 7.53. The van der Waals surface area contributed by atoms with Crippen LogP contribution in [0.4, 0.5) is 4.39 Å². The molecule has 0 aliphatic carbocycles. The lowest BCUT2D eigenvalue weighted by molar-refractivity contribution is 0.286. The van der Waals surface area contributed by atoms with Gasteiger partial charge in [-0.1, -0.05) is 27.2 Å². The van der Waals surface area contributed by atoms with Gasteiger partial charge in [0.1, 0.15) is 6.67 Å². The lowest BCUT2D eigenvalue weighted by Crippen LogP contribution is -2.22. The summed E-state index contributed by atoms with van der Waals surface area (Å²) in [5, 5.41) is 0. The molecular weight excluding hydrogens is 153 g/mol. The molecule has 1 nitrogen and oxygen atoms in total. The van der Waals surface area contributed by atoms with Crippen molar-refractivity contribution in [2.24, 2.45) is 5.92 Å². The van der Waals surface area contributed by atoms with Crippen LogP contribution in [0.2, 0.25) is 0 Å². The highest BCUT2D eigenvalue weighted by Crippen LogP contribution is 2.18. The summed E-state index contributed by atoms with van der Waals surface area (Å²) in [4.78, 5) is 2.22. The molecule has 1 heterocycles. The summed E-state index contributed by atoms with van der Waals surface area (Å²) < 4.78 is 11.8. The van der Waals surface area contributed by atoms with E-state index >= 15 is 0 Å². The summed E-state index contributed by atoms with van der Waals surface area (Å²) >= 11 is 0. The maximum Gasteiger partial charge on any atom is 0.102 e. The molecule has 2 heteroatoms. The quantitative estimate of drug-likeness (QED) is 0.637. The number of nitrogens with zero attached hydrogens (tertiary/aromatic N) is 1. The number of hydrogen-bond donors (Lipinski definition) is 0. The van der Waals surface area contributed by atoms with Gasteiger partial charge in [0, 0.05) is 13.1 Å². The Balaban J connectivity index is 0.000000561. The first-order valence-corrected chi connectivity index (χ1v) is 5.15. The van der Waals surface area contributed by atoms with Crippen LogP contribution in [0.25, 0.3) is 0 Å². The van der Waals surface area contributed by atoms with Crippen molar-refractivity contribution in [3.63, 3.8) is 0 Å². The van der Waals surface area contributed by atoms with Crippen LogP contribution in [0.15, 0.2) is 0 Å². The van der Waals surface area contributed by atoms with Crippen LogP contribution in [0.1, 0.15) is 33.6 Å². The Morgan fingerprint density at radius 2 is 2.08 bits per heavy atom. The Morgan fingerprint density at radius 1 is 1.42 bits per heavy atom. The van der Waals surface area contributed by atoms with E-state index in [4.69, 9.17) is 0 Å². The molecule has 1 aliphatic rings. The molecule has 1 atom stereocenters. The largest absolute Gasteiger partial charge is 0.300 e. The van der Waals surface area contributed by atoms with Crippen LogP contribution in [-0.4, -0.2) is 31.2 Å². The third kappa shape index (κ3) is 4.05. The Kier molecular flexibility index (Phi) is 7.47. The standard InChI is InChI=1S/C8H16FN.C2H6/c1-2-8-3-5-10(7-8)6-4-9;1-2/h8H,2-7H2,1H3;1-2H3. The van der Waals surface area contributed by atoms with Gasteiger partial charge < -0.3 is 4.90 Å². The number of likely N-dealkylation sites (tertiary alicyclic amines) is 1. The second-order valence-corrected chi connectivity index (χ2v) is 3.05. The predicted molar refractivity (Wildman–Crippen MR) is 52.2 cm³/mol. The highest BCUT2D eigenvalue weighted by atomic mass is 19.1. The molecular formula is C10H22FN. The van der Waals surface area contributed by atoms with Crippen LogP contribution in [0, 0.1) is 5.92 Å². The first-order chi connectivity index (χ1) is 5.86. The fourth-order valence-corrected chi connectivity index (χ4v) is 1.57. The van der Waals surface area contributed by atoms with E-state index in [1.165, 1.54) is 12.8 Å². The van der Waals surface area contributed by atoms with Gasteiger partial charge in [0.2, 0.25) is 0 Å². The van der Waals surface area contributed by atoms with Crippen molar-refractivity contribution >= 4 is 0 Å². The summed E-state index contributed by atoms with van der Waals surface area (Å²) in [5.41, 5.74) is 0. The van der Waals surface area contributed by atoms with Crippen LogP contribution >= 0.6 is 0 Å². The van der Waals surface area contributed by atoms with Crippen molar-refractivity contribution in [2.75, 3.05) is 26.3 Å². The Labute approximate surface area is 75.9 Å². The monoisotopic (exact) mass is 175 g/mol. The third-order valence-corrected chi connectivity index (χ3v) is 2.35. The molecule has 0 radical (unpaired) electrons. The Morgan fingerprint density at radius 3 is 2.50 bits per heavy atom. The second-order valence-electron chi connectivity index (χ2n) is 3.05. The van der Waals surface area contributed by atoms with Gasteiger partial charge in [-0.2, -0.15) is 0 Å². The van der Waals surface area contributed by atoms with E-state index in [0.717, 1.165) is 19.0 Å².